The van der Waals surface area contributed by atoms with Crippen molar-refractivity contribution in [2.45, 2.75) is 97.9 Å². The van der Waals surface area contributed by atoms with Crippen LogP contribution in [0.5, 0.6) is 0 Å². The third-order valence-corrected chi connectivity index (χ3v) is 7.73. The maximum absolute atomic E-state index is 11.2. The second-order valence-electron chi connectivity index (χ2n) is 10.8. The first-order valence-corrected chi connectivity index (χ1v) is 16.9. The Balaban J connectivity index is 0.000000350. The van der Waals surface area contributed by atoms with E-state index in [-0.39, 0.29) is 5.92 Å². The number of hydrogen-bond acceptors (Lipinski definition) is 5. The Hall–Kier alpha value is -2.84. The first-order chi connectivity index (χ1) is 20.9. The summed E-state index contributed by atoms with van der Waals surface area (Å²) in [5.74, 6) is -0.764. The summed E-state index contributed by atoms with van der Waals surface area (Å²) in [7, 11) is -4.55. The molecule has 0 bridgehead atoms. The average Bonchev–Trinajstić information content (AvgIpc) is 2.99. The molecule has 0 aromatic heterocycles. The van der Waals surface area contributed by atoms with E-state index in [1.807, 2.05) is 25.1 Å². The number of aliphatic hydroxyl groups excluding tert-OH is 2. The van der Waals surface area contributed by atoms with E-state index in [1.165, 1.54) is 5.56 Å². The largest absolute Gasteiger partial charge is 0.478 e. The van der Waals surface area contributed by atoms with Crippen LogP contribution < -0.4 is 0 Å². The quantitative estimate of drug-likeness (QED) is 0.114. The van der Waals surface area contributed by atoms with Gasteiger partial charge in [-0.25, -0.2) is 9.36 Å². The number of aryl methyl sites for hydroxylation is 1. The third-order valence-electron chi connectivity index (χ3n) is 7.24. The molecule has 0 radical (unpaired) electrons. The number of benzene rings is 3. The van der Waals surface area contributed by atoms with Crippen molar-refractivity contribution in [2.24, 2.45) is 5.92 Å². The van der Waals surface area contributed by atoms with Gasteiger partial charge in [0.1, 0.15) is 6.10 Å². The first-order valence-electron chi connectivity index (χ1n) is 15.4. The molecule has 8 nitrogen and oxygen atoms in total. The van der Waals surface area contributed by atoms with Crippen LogP contribution in [-0.4, -0.2) is 43.3 Å². The van der Waals surface area contributed by atoms with Crippen LogP contribution in [0, 0.1) is 5.92 Å². The SMILES string of the molecule is CCC(C(C)O)C(C)O.CCCCc1cccc(C(=O)O)c1CCCC.O=P(O)(O)OC(c1ccccc1)c1ccccc1. The normalized spacial score (nSPS) is 13.1. The molecule has 244 valence electrons. The van der Waals surface area contributed by atoms with Crippen LogP contribution in [0.2, 0.25) is 0 Å². The summed E-state index contributed by atoms with van der Waals surface area (Å²) < 4.78 is 15.9. The zero-order valence-electron chi connectivity index (χ0n) is 26.7. The van der Waals surface area contributed by atoms with E-state index in [0.29, 0.717) is 16.7 Å². The highest BCUT2D eigenvalue weighted by molar-refractivity contribution is 7.46. The minimum absolute atomic E-state index is 0.0324. The summed E-state index contributed by atoms with van der Waals surface area (Å²) in [6.45, 7) is 9.67. The van der Waals surface area contributed by atoms with Gasteiger partial charge < -0.3 is 25.1 Å². The van der Waals surface area contributed by atoms with E-state index in [9.17, 15) is 14.5 Å². The molecule has 0 saturated heterocycles. The zero-order valence-corrected chi connectivity index (χ0v) is 27.6. The monoisotopic (exact) mass is 630 g/mol. The fourth-order valence-electron chi connectivity index (χ4n) is 4.88. The fraction of sp³-hybridized carbons (Fsp3) is 0.457. The molecule has 9 heteroatoms. The smallest absolute Gasteiger partial charge is 0.470 e. The van der Waals surface area contributed by atoms with Crippen LogP contribution in [0.25, 0.3) is 0 Å². The number of hydrogen-bond donors (Lipinski definition) is 5. The molecule has 0 heterocycles. The number of carboxylic acids is 1. The summed E-state index contributed by atoms with van der Waals surface area (Å²) in [6.07, 6.45) is 5.58. The number of phosphoric ester groups is 1. The molecule has 44 heavy (non-hydrogen) atoms. The molecule has 2 atom stereocenters. The van der Waals surface area contributed by atoms with Crippen LogP contribution >= 0.6 is 7.82 Å². The minimum atomic E-state index is -4.55. The fourth-order valence-corrected chi connectivity index (χ4v) is 5.40. The van der Waals surface area contributed by atoms with Crippen LogP contribution in [-0.2, 0) is 21.9 Å². The van der Waals surface area contributed by atoms with Crippen molar-refractivity contribution in [3.63, 3.8) is 0 Å². The molecule has 0 amide bonds. The number of aromatic carboxylic acids is 1. The van der Waals surface area contributed by atoms with E-state index >= 15 is 0 Å². The topological polar surface area (TPSA) is 145 Å². The lowest BCUT2D eigenvalue weighted by atomic mass is 9.93. The minimum Gasteiger partial charge on any atom is -0.478 e. The number of phosphoric acid groups is 1. The molecule has 0 spiro atoms. The van der Waals surface area contributed by atoms with Gasteiger partial charge in [-0.05, 0) is 74.3 Å². The van der Waals surface area contributed by atoms with Gasteiger partial charge in [0.2, 0.25) is 0 Å². The van der Waals surface area contributed by atoms with E-state index in [2.05, 4.69) is 19.9 Å². The lowest BCUT2D eigenvalue weighted by Gasteiger charge is -2.20. The van der Waals surface area contributed by atoms with Gasteiger partial charge in [0.25, 0.3) is 0 Å². The number of carboxylic acid groups (broad SMARTS) is 1. The van der Waals surface area contributed by atoms with Crippen molar-refractivity contribution < 1.29 is 39.0 Å². The Bertz CT molecular complexity index is 1190. The molecule has 3 aromatic rings. The third kappa shape index (κ3) is 14.8. The van der Waals surface area contributed by atoms with Crippen LogP contribution in [0.1, 0.15) is 105 Å². The number of rotatable bonds is 14. The zero-order chi connectivity index (χ0) is 33.1. The molecular formula is C35H51O8P. The number of aliphatic hydroxyl groups is 2. The molecule has 0 aliphatic heterocycles. The average molecular weight is 631 g/mol. The van der Waals surface area contributed by atoms with Gasteiger partial charge in [0.15, 0.2) is 0 Å². The lowest BCUT2D eigenvalue weighted by molar-refractivity contribution is 0.0299. The predicted molar refractivity (Wildman–Crippen MR) is 176 cm³/mol. The summed E-state index contributed by atoms with van der Waals surface area (Å²) in [5, 5.41) is 27.3. The van der Waals surface area contributed by atoms with Gasteiger partial charge in [0, 0.05) is 5.92 Å². The molecule has 5 N–H and O–H groups in total. The van der Waals surface area contributed by atoms with E-state index in [4.69, 9.17) is 24.5 Å². The lowest BCUT2D eigenvalue weighted by Crippen LogP contribution is -2.26. The van der Waals surface area contributed by atoms with Crippen LogP contribution in [0.3, 0.4) is 0 Å². The first kappa shape index (κ1) is 39.2. The van der Waals surface area contributed by atoms with Gasteiger partial charge in [-0.3, -0.25) is 4.52 Å². The van der Waals surface area contributed by atoms with Crippen molar-refractivity contribution >= 4 is 13.8 Å². The van der Waals surface area contributed by atoms with E-state index < -0.39 is 32.1 Å². The highest BCUT2D eigenvalue weighted by Gasteiger charge is 2.25. The molecule has 0 aliphatic carbocycles. The standard InChI is InChI=1S/C15H22O2.C13H13O4P.C7H16O2/c1-3-5-8-12-9-7-11-14(15(16)17)13(12)10-6-4-2;14-18(15,16)17-13(11-7-3-1-4-8-11)12-9-5-2-6-10-12;1-4-7(5(2)8)6(3)9/h7,9,11H,3-6,8,10H2,1-2H3,(H,16,17);1-10,13H,(H2,14,15,16);5-9H,4H2,1-3H3. The van der Waals surface area contributed by atoms with Gasteiger partial charge in [-0.2, -0.15) is 0 Å². The van der Waals surface area contributed by atoms with Crippen molar-refractivity contribution in [1.82, 2.24) is 0 Å². The van der Waals surface area contributed by atoms with E-state index in [1.54, 1.807) is 68.4 Å². The maximum Gasteiger partial charge on any atom is 0.470 e. The van der Waals surface area contributed by atoms with Gasteiger partial charge in [0.05, 0.1) is 17.8 Å². The highest BCUT2D eigenvalue weighted by Crippen LogP contribution is 2.44. The summed E-state index contributed by atoms with van der Waals surface area (Å²) in [5.41, 5.74) is 4.17. The van der Waals surface area contributed by atoms with Crippen LogP contribution in [0.4, 0.5) is 0 Å². The molecule has 0 fully saturated rings. The summed E-state index contributed by atoms with van der Waals surface area (Å²) in [6, 6.07) is 23.6. The number of unbranched alkanes of at least 4 members (excludes halogenated alkanes) is 2. The van der Waals surface area contributed by atoms with Crippen LogP contribution in [0.15, 0.2) is 78.9 Å². The summed E-state index contributed by atoms with van der Waals surface area (Å²) in [4.78, 5) is 29.2. The Morgan fingerprint density at radius 2 is 1.23 bits per heavy atom. The van der Waals surface area contributed by atoms with E-state index in [0.717, 1.165) is 50.5 Å². The second-order valence-corrected chi connectivity index (χ2v) is 12.0. The van der Waals surface area contributed by atoms with Gasteiger partial charge >= 0.3 is 13.8 Å². The Kier molecular flexibility index (Phi) is 18.7. The number of carbonyl (C=O) groups is 1. The molecular weight excluding hydrogens is 579 g/mol. The molecule has 3 aromatic carbocycles. The highest BCUT2D eigenvalue weighted by atomic mass is 31.2. The van der Waals surface area contributed by atoms with Gasteiger partial charge in [-0.1, -0.05) is 106 Å². The van der Waals surface area contributed by atoms with Crippen molar-refractivity contribution in [1.29, 1.82) is 0 Å². The Labute approximate surface area is 263 Å². The summed E-state index contributed by atoms with van der Waals surface area (Å²) >= 11 is 0. The van der Waals surface area contributed by atoms with Crippen molar-refractivity contribution in [3.05, 3.63) is 107 Å². The van der Waals surface area contributed by atoms with Crippen molar-refractivity contribution in [2.75, 3.05) is 0 Å². The maximum atomic E-state index is 11.2. The molecule has 3 rings (SSSR count). The Morgan fingerprint density at radius 1 is 0.750 bits per heavy atom. The molecule has 2 unspecified atom stereocenters. The predicted octanol–water partition coefficient (Wildman–Crippen LogP) is 7.73. The molecule has 0 saturated carbocycles. The molecule has 0 aliphatic rings. The van der Waals surface area contributed by atoms with Gasteiger partial charge in [-0.15, -0.1) is 0 Å². The Morgan fingerprint density at radius 3 is 1.59 bits per heavy atom. The second kappa shape index (κ2) is 21.0. The van der Waals surface area contributed by atoms with Crippen molar-refractivity contribution in [3.8, 4) is 0 Å².